The molecule has 0 atom stereocenters. The Balaban J connectivity index is 0.000000132. The maximum absolute atomic E-state index is 7.06. The van der Waals surface area contributed by atoms with Crippen molar-refractivity contribution in [2.24, 2.45) is 0 Å². The SMILES string of the molecule is c1ccc(-c2nc(-c3ccccc3)nc(-c3cc4c5cccc(-n6c7ccccc7c7c8oc9ccccc9c8ccc76)c5oc4c4ccccc34)n2)cc1.c1ccc(-c2nc(-c3ccccc3)nc(-c3cc4c5cccc(-n6c7ccccc7c7cc8c(cc76)sc6ccccc68)c5oc4c4ccccc34)n2)cc1. The zero-order chi connectivity index (χ0) is 72.1. The monoisotopic (exact) mass is 1420 g/mol. The first-order chi connectivity index (χ1) is 54.5. The van der Waals surface area contributed by atoms with E-state index in [0.29, 0.717) is 34.9 Å². The number of aromatic nitrogens is 8. The van der Waals surface area contributed by atoms with Crippen LogP contribution in [-0.4, -0.2) is 39.0 Å². The van der Waals surface area contributed by atoms with Gasteiger partial charge in [0.25, 0.3) is 0 Å². The van der Waals surface area contributed by atoms with Gasteiger partial charge in [0.15, 0.2) is 46.1 Å². The summed E-state index contributed by atoms with van der Waals surface area (Å²) in [4.78, 5) is 30.4. The van der Waals surface area contributed by atoms with Crippen molar-refractivity contribution < 1.29 is 13.3 Å². The van der Waals surface area contributed by atoms with E-state index >= 15 is 0 Å². The molecule has 0 aliphatic heterocycles. The van der Waals surface area contributed by atoms with Gasteiger partial charge in [-0.2, -0.15) is 0 Å². The molecular weight excluding hydrogens is 1370 g/mol. The van der Waals surface area contributed by atoms with E-state index < -0.39 is 0 Å². The molecule has 24 rings (SSSR count). The topological polar surface area (TPSA) is 127 Å². The third-order valence-electron chi connectivity index (χ3n) is 21.7. The van der Waals surface area contributed by atoms with E-state index in [1.165, 1.54) is 30.9 Å². The van der Waals surface area contributed by atoms with Crippen molar-refractivity contribution >= 4 is 162 Å². The maximum atomic E-state index is 7.06. The van der Waals surface area contributed by atoms with Crippen LogP contribution in [0.15, 0.2) is 353 Å². The lowest BCUT2D eigenvalue weighted by molar-refractivity contribution is 0.669. The van der Waals surface area contributed by atoms with E-state index in [0.717, 1.165) is 165 Å². The van der Waals surface area contributed by atoms with E-state index in [-0.39, 0.29) is 0 Å². The highest BCUT2D eigenvalue weighted by Crippen LogP contribution is 2.48. The summed E-state index contributed by atoms with van der Waals surface area (Å²) in [6, 6.07) is 118. The molecule has 24 aromatic rings. The smallest absolute Gasteiger partial charge is 0.164 e. The molecule has 0 radical (unpaired) electrons. The first-order valence-corrected chi connectivity index (χ1v) is 37.5. The van der Waals surface area contributed by atoms with E-state index in [9.17, 15) is 0 Å². The van der Waals surface area contributed by atoms with Crippen LogP contribution >= 0.6 is 11.3 Å². The van der Waals surface area contributed by atoms with Gasteiger partial charge in [0.2, 0.25) is 0 Å². The summed E-state index contributed by atoms with van der Waals surface area (Å²) in [6.07, 6.45) is 0. The van der Waals surface area contributed by atoms with Crippen molar-refractivity contribution in [1.29, 1.82) is 0 Å². The molecular formula is C98H56N8O3S. The largest absolute Gasteiger partial charge is 0.455 e. The fourth-order valence-corrected chi connectivity index (χ4v) is 17.9. The second kappa shape index (κ2) is 24.4. The Kier molecular flexibility index (Phi) is 13.7. The highest BCUT2D eigenvalue weighted by Gasteiger charge is 2.27. The molecule has 16 aromatic carbocycles. The van der Waals surface area contributed by atoms with Crippen LogP contribution in [0.1, 0.15) is 0 Å². The van der Waals surface area contributed by atoms with Crippen LogP contribution < -0.4 is 0 Å². The van der Waals surface area contributed by atoms with Gasteiger partial charge in [-0.15, -0.1) is 11.3 Å². The second-order valence-corrected chi connectivity index (χ2v) is 29.0. The molecule has 0 saturated carbocycles. The van der Waals surface area contributed by atoms with Gasteiger partial charge >= 0.3 is 0 Å². The molecule has 11 nitrogen and oxygen atoms in total. The normalized spacial score (nSPS) is 12.0. The zero-order valence-electron chi connectivity index (χ0n) is 58.5. The van der Waals surface area contributed by atoms with Crippen molar-refractivity contribution in [2.75, 3.05) is 0 Å². The fourth-order valence-electron chi connectivity index (χ4n) is 16.7. The van der Waals surface area contributed by atoms with Gasteiger partial charge in [0.1, 0.15) is 22.3 Å². The molecule has 0 aliphatic carbocycles. The average molecular weight is 1430 g/mol. The number of furan rings is 3. The summed E-state index contributed by atoms with van der Waals surface area (Å²) in [7, 11) is 0. The average Bonchev–Trinajstić information content (AvgIpc) is 1.55. The minimum Gasteiger partial charge on any atom is -0.455 e. The van der Waals surface area contributed by atoms with Gasteiger partial charge in [0.05, 0.1) is 38.8 Å². The molecule has 512 valence electrons. The number of hydrogen-bond donors (Lipinski definition) is 0. The summed E-state index contributed by atoms with van der Waals surface area (Å²) in [5, 5.41) is 17.5. The van der Waals surface area contributed by atoms with Crippen LogP contribution in [0.3, 0.4) is 0 Å². The Morgan fingerprint density at radius 3 is 1.13 bits per heavy atom. The number of nitrogens with zero attached hydrogens (tertiary/aromatic N) is 8. The number of benzene rings is 16. The molecule has 110 heavy (non-hydrogen) atoms. The summed E-state index contributed by atoms with van der Waals surface area (Å²) >= 11 is 1.84. The van der Waals surface area contributed by atoms with E-state index in [1.54, 1.807) is 0 Å². The van der Waals surface area contributed by atoms with Gasteiger partial charge in [-0.05, 0) is 83.6 Å². The first kappa shape index (κ1) is 61.6. The summed E-state index contributed by atoms with van der Waals surface area (Å²) in [6.45, 7) is 0. The van der Waals surface area contributed by atoms with E-state index in [2.05, 4.69) is 215 Å². The molecule has 0 amide bonds. The Labute approximate surface area is 630 Å². The van der Waals surface area contributed by atoms with Gasteiger partial charge in [-0.3, -0.25) is 0 Å². The van der Waals surface area contributed by atoms with Crippen LogP contribution in [0.2, 0.25) is 0 Å². The predicted molar refractivity (Wildman–Crippen MR) is 451 cm³/mol. The van der Waals surface area contributed by atoms with Gasteiger partial charge < -0.3 is 22.4 Å². The van der Waals surface area contributed by atoms with Crippen LogP contribution in [0, 0.1) is 0 Å². The van der Waals surface area contributed by atoms with Gasteiger partial charge in [-0.25, -0.2) is 29.9 Å². The maximum Gasteiger partial charge on any atom is 0.164 e. The fraction of sp³-hybridized carbons (Fsp3) is 0. The van der Waals surface area contributed by atoms with Crippen LogP contribution in [0.25, 0.3) is 231 Å². The van der Waals surface area contributed by atoms with Crippen molar-refractivity contribution in [2.45, 2.75) is 0 Å². The number of para-hydroxylation sites is 5. The van der Waals surface area contributed by atoms with E-state index in [1.807, 2.05) is 145 Å². The third-order valence-corrected chi connectivity index (χ3v) is 22.8. The quantitative estimate of drug-likeness (QED) is 0.146. The molecule has 0 aliphatic rings. The second-order valence-electron chi connectivity index (χ2n) is 27.9. The molecule has 0 bridgehead atoms. The molecule has 0 N–H and O–H groups in total. The zero-order valence-corrected chi connectivity index (χ0v) is 59.4. The standard InChI is InChI=1S/C49H28N4O2.C49H28N4OS/c1-3-14-29(15-4-1)47-50-48(30-16-5-2-6-17-30)52-49(51-47)38-28-37-34-22-13-24-41(45(34)55-44(37)33-20-8-7-18-31(33)38)53-39-23-11-9-21-36(39)43-40(53)27-26-35-32-19-10-12-25-42(32)54-46(35)43;1-3-14-29(15-4-1)47-50-48(30-16-5-2-6-17-30)52-49(51-47)39-27-38-35-22-13-24-41(46(35)54-45(38)34-21-8-7-18-31(34)39)53-40-23-11-9-19-32(40)36-26-37-33-20-10-12-25-43(33)55-44(37)28-42(36)53/h2*1-28H. The number of fused-ring (bicyclic) bond motifs is 23. The third kappa shape index (κ3) is 9.56. The minimum atomic E-state index is 0.605. The minimum absolute atomic E-state index is 0.605. The van der Waals surface area contributed by atoms with E-state index in [4.69, 9.17) is 43.2 Å². The van der Waals surface area contributed by atoms with Crippen molar-refractivity contribution in [1.82, 2.24) is 39.0 Å². The summed E-state index contributed by atoms with van der Waals surface area (Å²) in [5.41, 5.74) is 17.0. The first-order valence-electron chi connectivity index (χ1n) is 36.7. The van der Waals surface area contributed by atoms with Crippen molar-refractivity contribution in [3.05, 3.63) is 340 Å². The number of hydrogen-bond acceptors (Lipinski definition) is 10. The highest BCUT2D eigenvalue weighted by molar-refractivity contribution is 7.25. The lowest BCUT2D eigenvalue weighted by Gasteiger charge is -2.11. The molecule has 8 aromatic heterocycles. The lowest BCUT2D eigenvalue weighted by Crippen LogP contribution is -2.00. The van der Waals surface area contributed by atoms with Crippen LogP contribution in [0.4, 0.5) is 0 Å². The predicted octanol–water partition coefficient (Wildman–Crippen LogP) is 26.3. The molecule has 0 unspecified atom stereocenters. The Morgan fingerprint density at radius 1 is 0.209 bits per heavy atom. The highest BCUT2D eigenvalue weighted by atomic mass is 32.1. The Bertz CT molecular complexity index is 7500. The van der Waals surface area contributed by atoms with Crippen LogP contribution in [0.5, 0.6) is 0 Å². The molecule has 0 saturated heterocycles. The molecule has 0 spiro atoms. The van der Waals surface area contributed by atoms with Crippen molar-refractivity contribution in [3.8, 4) is 79.7 Å². The molecule has 0 fully saturated rings. The summed E-state index contributed by atoms with van der Waals surface area (Å²) in [5.74, 6) is 3.73. The Morgan fingerprint density at radius 2 is 0.600 bits per heavy atom. The van der Waals surface area contributed by atoms with Gasteiger partial charge in [-0.1, -0.05) is 267 Å². The number of thiophene rings is 1. The number of rotatable bonds is 8. The van der Waals surface area contributed by atoms with Crippen molar-refractivity contribution in [3.63, 3.8) is 0 Å². The molecule has 12 heteroatoms. The Hall–Kier alpha value is -14.7. The molecule has 8 heterocycles. The summed E-state index contributed by atoms with van der Waals surface area (Å²) < 4.78 is 27.9. The van der Waals surface area contributed by atoms with Crippen LogP contribution in [-0.2, 0) is 0 Å². The lowest BCUT2D eigenvalue weighted by atomic mass is 9.99. The van der Waals surface area contributed by atoms with Gasteiger partial charge in [0, 0.05) is 113 Å².